The molecule has 0 spiro atoms. The van der Waals surface area contributed by atoms with E-state index in [4.69, 9.17) is 0 Å². The molecule has 0 aliphatic rings. The van der Waals surface area contributed by atoms with Gasteiger partial charge in [-0.2, -0.15) is 13.2 Å². The van der Waals surface area contributed by atoms with Gasteiger partial charge in [0, 0.05) is 12.1 Å². The summed E-state index contributed by atoms with van der Waals surface area (Å²) in [6.07, 6.45) is -7.34. The summed E-state index contributed by atoms with van der Waals surface area (Å²) in [6, 6.07) is 15.1. The Bertz CT molecular complexity index is 706. The van der Waals surface area contributed by atoms with E-state index in [1.54, 1.807) is 47.0 Å². The fourth-order valence-corrected chi connectivity index (χ4v) is 1.96. The molecule has 2 rings (SSSR count). The molecule has 0 radical (unpaired) electrons. The van der Waals surface area contributed by atoms with E-state index in [0.29, 0.717) is 0 Å². The fraction of sp³-hybridized carbons (Fsp3) is 0.176. The number of nitrogens with one attached hydrogen (secondary N) is 3. The number of carbonyl (C=O) groups excluding carboxylic acids is 2. The minimum absolute atomic E-state index is 0.0586. The Morgan fingerprint density at radius 2 is 1.44 bits per heavy atom. The first-order valence-electron chi connectivity index (χ1n) is 7.37. The van der Waals surface area contributed by atoms with E-state index < -0.39 is 24.3 Å². The minimum Gasteiger partial charge on any atom is -0.334 e. The van der Waals surface area contributed by atoms with Gasteiger partial charge in [-0.05, 0) is 17.7 Å². The summed E-state index contributed by atoms with van der Waals surface area (Å²) < 4.78 is 39.2. The maximum Gasteiger partial charge on any atom is 0.427 e. The summed E-state index contributed by atoms with van der Waals surface area (Å²) >= 11 is 0. The van der Waals surface area contributed by atoms with Gasteiger partial charge in [0.05, 0.1) is 0 Å². The number of hydrogen-bond acceptors (Lipinski definition) is 2. The Kier molecular flexibility index (Phi) is 5.99. The second-order valence-corrected chi connectivity index (χ2v) is 5.13. The summed E-state index contributed by atoms with van der Waals surface area (Å²) in [5.74, 6) is -0.939. The first-order valence-corrected chi connectivity index (χ1v) is 7.37. The molecule has 0 fully saturated rings. The third-order valence-corrected chi connectivity index (χ3v) is 3.21. The molecule has 132 valence electrons. The van der Waals surface area contributed by atoms with Crippen molar-refractivity contribution in [2.24, 2.45) is 0 Å². The van der Waals surface area contributed by atoms with Gasteiger partial charge in [0.25, 0.3) is 5.91 Å². The van der Waals surface area contributed by atoms with E-state index in [1.165, 1.54) is 24.3 Å². The summed E-state index contributed by atoms with van der Waals surface area (Å²) in [7, 11) is 0. The standard InChI is InChI=1S/C17H16F3N3O2/c18-17(19,20)15(22-14(24)13-9-5-2-6-10-13)23-16(25)21-11-12-7-3-1-4-8-12/h1-10,15H,11H2,(H,22,24)(H2,21,23,25)/t15-/m0/s1. The van der Waals surface area contributed by atoms with Crippen LogP contribution in [-0.2, 0) is 6.54 Å². The molecule has 0 aliphatic carbocycles. The van der Waals surface area contributed by atoms with Gasteiger partial charge in [0.2, 0.25) is 6.17 Å². The van der Waals surface area contributed by atoms with Gasteiger partial charge >= 0.3 is 12.2 Å². The van der Waals surface area contributed by atoms with Crippen molar-refractivity contribution in [3.63, 3.8) is 0 Å². The zero-order valence-electron chi connectivity index (χ0n) is 13.0. The molecule has 0 saturated heterocycles. The molecule has 8 heteroatoms. The van der Waals surface area contributed by atoms with E-state index in [-0.39, 0.29) is 12.1 Å². The summed E-state index contributed by atoms with van der Waals surface area (Å²) in [5.41, 5.74) is 0.790. The SMILES string of the molecule is O=C(NCc1ccccc1)N[C@H](NC(=O)c1ccccc1)C(F)(F)F. The molecule has 0 aliphatic heterocycles. The number of halogens is 3. The highest BCUT2D eigenvalue weighted by atomic mass is 19.4. The second-order valence-electron chi connectivity index (χ2n) is 5.13. The van der Waals surface area contributed by atoms with Gasteiger partial charge < -0.3 is 16.0 Å². The third-order valence-electron chi connectivity index (χ3n) is 3.21. The predicted octanol–water partition coefficient (Wildman–Crippen LogP) is 2.80. The van der Waals surface area contributed by atoms with Gasteiger partial charge in [0.15, 0.2) is 0 Å². The van der Waals surface area contributed by atoms with Crippen molar-refractivity contribution >= 4 is 11.9 Å². The molecular formula is C17H16F3N3O2. The molecule has 1 atom stereocenters. The zero-order valence-corrected chi connectivity index (χ0v) is 13.0. The van der Waals surface area contributed by atoms with Crippen molar-refractivity contribution in [3.8, 4) is 0 Å². The monoisotopic (exact) mass is 351 g/mol. The molecule has 0 aromatic heterocycles. The maximum atomic E-state index is 13.1. The topological polar surface area (TPSA) is 70.2 Å². The molecule has 5 nitrogen and oxygen atoms in total. The average molecular weight is 351 g/mol. The maximum absolute atomic E-state index is 13.1. The summed E-state index contributed by atoms with van der Waals surface area (Å²) in [4.78, 5) is 23.6. The molecular weight excluding hydrogens is 335 g/mol. The molecule has 0 heterocycles. The third kappa shape index (κ3) is 5.83. The van der Waals surface area contributed by atoms with Gasteiger partial charge in [-0.15, -0.1) is 0 Å². The second kappa shape index (κ2) is 8.18. The van der Waals surface area contributed by atoms with Crippen LogP contribution in [-0.4, -0.2) is 24.3 Å². The van der Waals surface area contributed by atoms with Gasteiger partial charge in [-0.3, -0.25) is 4.79 Å². The van der Waals surface area contributed by atoms with Crippen molar-refractivity contribution in [2.45, 2.75) is 18.9 Å². The molecule has 3 amide bonds. The number of benzene rings is 2. The first-order chi connectivity index (χ1) is 11.9. The van der Waals surface area contributed by atoms with E-state index in [2.05, 4.69) is 5.32 Å². The van der Waals surface area contributed by atoms with Gasteiger partial charge in [0.1, 0.15) is 0 Å². The Hall–Kier alpha value is -3.03. The normalized spacial score (nSPS) is 12.1. The molecule has 0 unspecified atom stereocenters. The highest BCUT2D eigenvalue weighted by Gasteiger charge is 2.42. The van der Waals surface area contributed by atoms with Crippen LogP contribution in [0.25, 0.3) is 0 Å². The van der Waals surface area contributed by atoms with E-state index in [9.17, 15) is 22.8 Å². The number of hydrogen-bond donors (Lipinski definition) is 3. The van der Waals surface area contributed by atoms with E-state index >= 15 is 0 Å². The lowest BCUT2D eigenvalue weighted by Gasteiger charge is -2.23. The smallest absolute Gasteiger partial charge is 0.334 e. The summed E-state index contributed by atoms with van der Waals surface area (Å²) in [6.45, 7) is 0.0594. The van der Waals surface area contributed by atoms with Crippen LogP contribution in [0.2, 0.25) is 0 Å². The van der Waals surface area contributed by atoms with Crippen LogP contribution in [0.3, 0.4) is 0 Å². The lowest BCUT2D eigenvalue weighted by molar-refractivity contribution is -0.157. The first kappa shape index (κ1) is 18.3. The zero-order chi connectivity index (χ0) is 18.3. The Labute approximate surface area is 142 Å². The molecule has 2 aromatic rings. The highest BCUT2D eigenvalue weighted by molar-refractivity contribution is 5.94. The summed E-state index contributed by atoms with van der Waals surface area (Å²) in [5, 5.41) is 5.80. The number of urea groups is 1. The average Bonchev–Trinajstić information content (AvgIpc) is 2.60. The van der Waals surface area contributed by atoms with E-state index in [1.807, 2.05) is 0 Å². The van der Waals surface area contributed by atoms with Crippen LogP contribution in [0.5, 0.6) is 0 Å². The highest BCUT2D eigenvalue weighted by Crippen LogP contribution is 2.19. The predicted molar refractivity (Wildman–Crippen MR) is 85.6 cm³/mol. The lowest BCUT2D eigenvalue weighted by atomic mass is 10.2. The van der Waals surface area contributed by atoms with Crippen LogP contribution < -0.4 is 16.0 Å². The lowest BCUT2D eigenvalue weighted by Crippen LogP contribution is -2.58. The van der Waals surface area contributed by atoms with Crippen LogP contribution >= 0.6 is 0 Å². The number of alkyl halides is 3. The molecule has 2 aromatic carbocycles. The minimum atomic E-state index is -4.84. The number of carbonyl (C=O) groups is 2. The Morgan fingerprint density at radius 3 is 2.00 bits per heavy atom. The Morgan fingerprint density at radius 1 is 0.880 bits per heavy atom. The van der Waals surface area contributed by atoms with E-state index in [0.717, 1.165) is 5.56 Å². The largest absolute Gasteiger partial charge is 0.427 e. The van der Waals surface area contributed by atoms with Crippen molar-refractivity contribution < 1.29 is 22.8 Å². The van der Waals surface area contributed by atoms with Crippen molar-refractivity contribution in [1.29, 1.82) is 0 Å². The van der Waals surface area contributed by atoms with Crippen molar-refractivity contribution in [2.75, 3.05) is 0 Å². The molecule has 25 heavy (non-hydrogen) atoms. The molecule has 3 N–H and O–H groups in total. The molecule has 0 saturated carbocycles. The van der Waals surface area contributed by atoms with Crippen LogP contribution in [0, 0.1) is 0 Å². The van der Waals surface area contributed by atoms with Crippen molar-refractivity contribution in [1.82, 2.24) is 16.0 Å². The van der Waals surface area contributed by atoms with Gasteiger partial charge in [-0.25, -0.2) is 4.79 Å². The fourth-order valence-electron chi connectivity index (χ4n) is 1.96. The Balaban J connectivity index is 1.95. The molecule has 0 bridgehead atoms. The van der Waals surface area contributed by atoms with Crippen LogP contribution in [0.4, 0.5) is 18.0 Å². The number of amides is 3. The quantitative estimate of drug-likeness (QED) is 0.725. The van der Waals surface area contributed by atoms with Gasteiger partial charge in [-0.1, -0.05) is 48.5 Å². The number of rotatable bonds is 5. The van der Waals surface area contributed by atoms with Crippen LogP contribution in [0.15, 0.2) is 60.7 Å². The van der Waals surface area contributed by atoms with Crippen LogP contribution in [0.1, 0.15) is 15.9 Å². The van der Waals surface area contributed by atoms with Crippen molar-refractivity contribution in [3.05, 3.63) is 71.8 Å².